The van der Waals surface area contributed by atoms with E-state index in [1.807, 2.05) is 91.0 Å². The van der Waals surface area contributed by atoms with E-state index in [2.05, 4.69) is 84.0 Å². The van der Waals surface area contributed by atoms with Gasteiger partial charge in [0.1, 0.15) is 74.1 Å². The fraction of sp³-hybridized carbons (Fsp3) is 0.279. The smallest absolute Gasteiger partial charge is 0.246 e. The molecule has 1 saturated heterocycles. The van der Waals surface area contributed by atoms with Crippen molar-refractivity contribution in [2.24, 2.45) is 4.99 Å². The van der Waals surface area contributed by atoms with Crippen molar-refractivity contribution in [1.29, 1.82) is 0 Å². The molecule has 6 heterocycles. The Bertz CT molecular complexity index is 2470. The van der Waals surface area contributed by atoms with Crippen molar-refractivity contribution < 1.29 is 33.2 Å². The van der Waals surface area contributed by atoms with E-state index < -0.39 is 0 Å². The molecule has 0 aliphatic carbocycles. The first-order valence-electron chi connectivity index (χ1n) is 18.9. The van der Waals surface area contributed by atoms with Crippen LogP contribution in [0.1, 0.15) is 40.6 Å². The number of ether oxygens (including phenoxy) is 6. The molecule has 60 heavy (non-hydrogen) atoms. The first-order valence-corrected chi connectivity index (χ1v) is 21.2. The summed E-state index contributed by atoms with van der Waals surface area (Å²) < 4.78 is 37.2. The van der Waals surface area contributed by atoms with Gasteiger partial charge in [0.25, 0.3) is 0 Å². The van der Waals surface area contributed by atoms with Gasteiger partial charge in [-0.05, 0) is 90.3 Å². The van der Waals surface area contributed by atoms with Crippen LogP contribution in [0.5, 0.6) is 17.2 Å². The number of hydrogen-bond donors (Lipinski definition) is 2. The minimum Gasteiger partial charge on any atom is -0.496 e. The molecule has 0 bridgehead atoms. The second kappa shape index (κ2) is 20.6. The van der Waals surface area contributed by atoms with E-state index in [-0.39, 0.29) is 30.6 Å². The molecule has 17 heteroatoms. The quantitative estimate of drug-likeness (QED) is 0.148. The van der Waals surface area contributed by atoms with Gasteiger partial charge < -0.3 is 43.6 Å². The summed E-state index contributed by atoms with van der Waals surface area (Å²) in [5.74, 6) is 4.00. The molecule has 14 nitrogen and oxygen atoms in total. The molecule has 1 fully saturated rings. The first-order chi connectivity index (χ1) is 29.3. The molecule has 3 aliphatic rings. The Balaban J connectivity index is 0.000000139. The van der Waals surface area contributed by atoms with Crippen molar-refractivity contribution in [2.75, 3.05) is 59.7 Å². The Hall–Kier alpha value is -4.91. The van der Waals surface area contributed by atoms with Gasteiger partial charge in [-0.25, -0.2) is 15.0 Å². The van der Waals surface area contributed by atoms with Crippen LogP contribution in [0.25, 0.3) is 11.2 Å². The summed E-state index contributed by atoms with van der Waals surface area (Å²) in [7, 11) is 4.96. The topological polar surface area (TPSA) is 152 Å². The number of aliphatic imine (C=N–C) groups is 1. The Labute approximate surface area is 372 Å². The number of nitrogens with zero attached hydrogens (tertiary/aromatic N) is 5. The van der Waals surface area contributed by atoms with Crippen LogP contribution in [0.15, 0.2) is 116 Å². The monoisotopic (exact) mass is 1010 g/mol. The summed E-state index contributed by atoms with van der Waals surface area (Å²) in [6.45, 7) is 2.68. The summed E-state index contributed by atoms with van der Waals surface area (Å²) >= 11 is 10.2. The van der Waals surface area contributed by atoms with Crippen LogP contribution in [0.3, 0.4) is 0 Å². The molecule has 0 saturated carbocycles. The van der Waals surface area contributed by atoms with Crippen LogP contribution < -0.4 is 24.8 Å². The van der Waals surface area contributed by atoms with Crippen molar-refractivity contribution in [3.63, 3.8) is 0 Å². The molecule has 6 aromatic rings. The number of amidine groups is 1. The number of methoxy groups -OCH3 is 3. The zero-order valence-corrected chi connectivity index (χ0v) is 37.7. The van der Waals surface area contributed by atoms with E-state index in [1.54, 1.807) is 21.3 Å². The predicted molar refractivity (Wildman–Crippen MR) is 238 cm³/mol. The third kappa shape index (κ3) is 10.3. The SMILES string of the molecule is COc1ccccc1[C@H]1COCC(=O)N1.COc1ccccc1[C@H]1COCC(Nc2ccc(Br)nc2Br)=N1.COc1ccccc1[C@H]1COCc2nc3ccc(Br)nc3n21. The normalized spacial score (nSPS) is 18.3. The number of pyridine rings is 2. The average molecular weight is 1010 g/mol. The number of carbonyl (C=O) groups is 1. The third-order valence-corrected chi connectivity index (χ3v) is 11.2. The number of hydrogen-bond acceptors (Lipinski definition) is 12. The van der Waals surface area contributed by atoms with Crippen LogP contribution in [0.2, 0.25) is 0 Å². The number of amides is 1. The molecular formula is C43H42Br3N7O7. The Morgan fingerprint density at radius 1 is 0.667 bits per heavy atom. The molecule has 0 unspecified atom stereocenters. The van der Waals surface area contributed by atoms with E-state index in [1.165, 1.54) is 0 Å². The largest absolute Gasteiger partial charge is 0.496 e. The van der Waals surface area contributed by atoms with Crippen molar-refractivity contribution in [3.8, 4) is 17.2 Å². The van der Waals surface area contributed by atoms with E-state index in [0.29, 0.717) is 37.6 Å². The van der Waals surface area contributed by atoms with E-state index in [9.17, 15) is 4.79 Å². The minimum absolute atomic E-state index is 0.00620. The lowest BCUT2D eigenvalue weighted by Gasteiger charge is -2.27. The van der Waals surface area contributed by atoms with Crippen molar-refractivity contribution in [3.05, 3.63) is 133 Å². The minimum atomic E-state index is -0.109. The van der Waals surface area contributed by atoms with E-state index in [0.717, 1.165) is 71.7 Å². The second-order valence-electron chi connectivity index (χ2n) is 13.5. The number of aromatic nitrogens is 4. The second-order valence-corrected chi connectivity index (χ2v) is 15.8. The standard InChI is InChI=1S/C16H15Br2N3O2.C16H14BrN3O2.C11H13NO3/c1-22-13-5-3-2-4-10(13)12-8-23-9-15(20-12)19-11-6-7-14(17)21-16(11)18;1-21-13-5-3-2-4-10(13)12-8-22-9-15-18-11-6-7-14(17)19-16(11)20(12)15;1-14-10-5-3-2-4-8(10)9-6-15-7-11(13)12-9/h2-7,12H,8-9H2,1H3,(H,19,20);2-7,12H,8-9H2,1H3;2-5,9H,6-7H2,1H3,(H,12,13)/t2*12-;9-/m111/s1. The van der Waals surface area contributed by atoms with Gasteiger partial charge in [-0.1, -0.05) is 54.6 Å². The number of halogens is 3. The number of anilines is 1. The van der Waals surface area contributed by atoms with Crippen molar-refractivity contribution >= 4 is 76.4 Å². The molecule has 3 aromatic heterocycles. The van der Waals surface area contributed by atoms with Gasteiger partial charge in [-0.2, -0.15) is 0 Å². The molecule has 0 spiro atoms. The number of para-hydroxylation sites is 3. The fourth-order valence-corrected chi connectivity index (χ4v) is 8.23. The summed E-state index contributed by atoms with van der Waals surface area (Å²) in [4.78, 5) is 29.5. The zero-order chi connectivity index (χ0) is 42.0. The van der Waals surface area contributed by atoms with Crippen LogP contribution in [0, 0.1) is 0 Å². The van der Waals surface area contributed by atoms with Gasteiger partial charge >= 0.3 is 0 Å². The highest BCUT2D eigenvalue weighted by molar-refractivity contribution is 9.11. The number of morpholine rings is 1. The Kier molecular flexibility index (Phi) is 14.8. The van der Waals surface area contributed by atoms with E-state index in [4.69, 9.17) is 33.4 Å². The number of fused-ring (bicyclic) bond motifs is 3. The number of rotatable bonds is 7. The molecule has 312 valence electrons. The first kappa shape index (κ1) is 43.2. The third-order valence-electron chi connectivity index (χ3n) is 9.68. The predicted octanol–water partition coefficient (Wildman–Crippen LogP) is 8.40. The molecule has 1 amide bonds. The maximum Gasteiger partial charge on any atom is 0.246 e. The maximum absolute atomic E-state index is 11.2. The number of benzene rings is 3. The summed E-state index contributed by atoms with van der Waals surface area (Å²) in [5.41, 5.74) is 5.63. The highest BCUT2D eigenvalue weighted by Crippen LogP contribution is 2.35. The molecular weight excluding hydrogens is 966 g/mol. The summed E-state index contributed by atoms with van der Waals surface area (Å²) in [6, 6.07) is 30.9. The molecule has 9 rings (SSSR count). The van der Waals surface area contributed by atoms with Gasteiger partial charge in [0.05, 0.1) is 58.9 Å². The summed E-state index contributed by atoms with van der Waals surface area (Å²) in [5, 5.41) is 6.13. The summed E-state index contributed by atoms with van der Waals surface area (Å²) in [6.07, 6.45) is 0. The molecule has 2 N–H and O–H groups in total. The Morgan fingerprint density at radius 3 is 1.97 bits per heavy atom. The van der Waals surface area contributed by atoms with Gasteiger partial charge in [0, 0.05) is 16.7 Å². The fourth-order valence-electron chi connectivity index (χ4n) is 6.96. The number of imidazole rings is 1. The van der Waals surface area contributed by atoms with E-state index >= 15 is 0 Å². The van der Waals surface area contributed by atoms with Gasteiger partial charge in [0.15, 0.2) is 5.65 Å². The van der Waals surface area contributed by atoms with Crippen molar-refractivity contribution in [1.82, 2.24) is 24.8 Å². The van der Waals surface area contributed by atoms with Crippen LogP contribution in [0.4, 0.5) is 5.69 Å². The average Bonchev–Trinajstić information content (AvgIpc) is 3.66. The lowest BCUT2D eigenvalue weighted by molar-refractivity contribution is -0.131. The maximum atomic E-state index is 11.2. The van der Waals surface area contributed by atoms with Gasteiger partial charge in [0.2, 0.25) is 5.91 Å². The van der Waals surface area contributed by atoms with Crippen LogP contribution >= 0.6 is 47.8 Å². The zero-order valence-electron chi connectivity index (χ0n) is 32.9. The van der Waals surface area contributed by atoms with Crippen LogP contribution in [-0.2, 0) is 25.6 Å². The highest BCUT2D eigenvalue weighted by atomic mass is 79.9. The molecule has 0 radical (unpaired) electrons. The Morgan fingerprint density at radius 2 is 1.27 bits per heavy atom. The van der Waals surface area contributed by atoms with Crippen LogP contribution in [-0.4, -0.2) is 85.6 Å². The lowest BCUT2D eigenvalue weighted by atomic mass is 10.1. The lowest BCUT2D eigenvalue weighted by Crippen LogP contribution is -2.39. The van der Waals surface area contributed by atoms with Gasteiger partial charge in [-0.3, -0.25) is 9.79 Å². The van der Waals surface area contributed by atoms with Gasteiger partial charge in [-0.15, -0.1) is 0 Å². The number of carbonyl (C=O) groups excluding carboxylic acids is 1. The number of nitrogens with one attached hydrogen (secondary N) is 2. The highest BCUT2D eigenvalue weighted by Gasteiger charge is 2.28. The molecule has 3 aromatic carbocycles. The molecule has 3 aliphatic heterocycles. The molecule has 3 atom stereocenters. The van der Waals surface area contributed by atoms with Crippen molar-refractivity contribution in [2.45, 2.75) is 24.7 Å².